The van der Waals surface area contributed by atoms with Crippen molar-refractivity contribution in [3.63, 3.8) is 0 Å². The maximum Gasteiger partial charge on any atom is 0.269 e. The molecule has 29 heavy (non-hydrogen) atoms. The van der Waals surface area contributed by atoms with Gasteiger partial charge in [0, 0.05) is 29.8 Å². The van der Waals surface area contributed by atoms with Crippen molar-refractivity contribution in [1.29, 1.82) is 0 Å². The van der Waals surface area contributed by atoms with E-state index in [0.29, 0.717) is 11.1 Å². The Morgan fingerprint density at radius 3 is 2.34 bits per heavy atom. The van der Waals surface area contributed by atoms with Gasteiger partial charge < -0.3 is 5.32 Å². The van der Waals surface area contributed by atoms with Crippen LogP contribution in [0.3, 0.4) is 0 Å². The van der Waals surface area contributed by atoms with Gasteiger partial charge in [-0.2, -0.15) is 0 Å². The van der Waals surface area contributed by atoms with Gasteiger partial charge in [-0.1, -0.05) is 48.0 Å². The number of nitrogens with zero attached hydrogens (tertiary/aromatic N) is 1. The predicted molar refractivity (Wildman–Crippen MR) is 116 cm³/mol. The van der Waals surface area contributed by atoms with Crippen LogP contribution in [-0.4, -0.2) is 10.7 Å². The third-order valence-corrected chi connectivity index (χ3v) is 5.09. The summed E-state index contributed by atoms with van der Waals surface area (Å²) in [7, 11) is 0. The molecular weight excluding hydrogens is 364 g/mol. The fraction of sp³-hybridized carbons (Fsp3) is 0.208. The molecule has 1 atom stereocenters. The highest BCUT2D eigenvalue weighted by atomic mass is 16.6. The van der Waals surface area contributed by atoms with Gasteiger partial charge in [-0.25, -0.2) is 0 Å². The minimum atomic E-state index is -0.418. The lowest BCUT2D eigenvalue weighted by Crippen LogP contribution is -2.16. The molecule has 5 heteroatoms. The number of nitrogens with one attached hydrogen (secondary N) is 1. The molecule has 0 saturated carbocycles. The van der Waals surface area contributed by atoms with Crippen molar-refractivity contribution < 1.29 is 9.72 Å². The number of ketones is 1. The fourth-order valence-electron chi connectivity index (χ4n) is 3.18. The molecule has 0 aromatic heterocycles. The summed E-state index contributed by atoms with van der Waals surface area (Å²) in [5.41, 5.74) is 5.63. The van der Waals surface area contributed by atoms with E-state index in [2.05, 4.69) is 5.32 Å². The zero-order valence-corrected chi connectivity index (χ0v) is 16.8. The molecule has 0 heterocycles. The molecule has 0 aliphatic carbocycles. The second-order valence-electron chi connectivity index (χ2n) is 7.34. The third-order valence-electron chi connectivity index (χ3n) is 5.09. The first-order valence-corrected chi connectivity index (χ1v) is 9.51. The molecule has 1 unspecified atom stereocenters. The molecule has 3 aromatic rings. The SMILES string of the molecule is Cc1ccc(C(=O)CC(Nc2ccc(C)c(C)c2)c2cccc([N+](=O)[O-])c2)cc1. The van der Waals surface area contributed by atoms with Crippen molar-refractivity contribution in [3.05, 3.63) is 105 Å². The number of benzene rings is 3. The molecule has 3 aromatic carbocycles. The van der Waals surface area contributed by atoms with Crippen molar-refractivity contribution in [2.45, 2.75) is 33.2 Å². The Balaban J connectivity index is 1.92. The monoisotopic (exact) mass is 388 g/mol. The Morgan fingerprint density at radius 2 is 1.69 bits per heavy atom. The highest BCUT2D eigenvalue weighted by Crippen LogP contribution is 2.28. The molecule has 0 bridgehead atoms. The Hall–Kier alpha value is -3.47. The van der Waals surface area contributed by atoms with Crippen molar-refractivity contribution in [2.75, 3.05) is 5.32 Å². The summed E-state index contributed by atoms with van der Waals surface area (Å²) in [6.45, 7) is 6.04. The van der Waals surface area contributed by atoms with E-state index in [1.807, 2.05) is 69.3 Å². The van der Waals surface area contributed by atoms with E-state index < -0.39 is 4.92 Å². The van der Waals surface area contributed by atoms with Crippen molar-refractivity contribution in [2.24, 2.45) is 0 Å². The summed E-state index contributed by atoms with van der Waals surface area (Å²) in [4.78, 5) is 23.7. The second-order valence-corrected chi connectivity index (χ2v) is 7.34. The van der Waals surface area contributed by atoms with Gasteiger partial charge in [-0.15, -0.1) is 0 Å². The molecule has 1 N–H and O–H groups in total. The van der Waals surface area contributed by atoms with Gasteiger partial charge in [0.2, 0.25) is 0 Å². The smallest absolute Gasteiger partial charge is 0.269 e. The normalized spacial score (nSPS) is 11.7. The number of carbonyl (C=O) groups excluding carboxylic acids is 1. The van der Waals surface area contributed by atoms with Crippen molar-refractivity contribution in [3.8, 4) is 0 Å². The van der Waals surface area contributed by atoms with E-state index in [9.17, 15) is 14.9 Å². The molecule has 0 fully saturated rings. The van der Waals surface area contributed by atoms with Gasteiger partial charge in [0.1, 0.15) is 0 Å². The van der Waals surface area contributed by atoms with Crippen LogP contribution in [0.25, 0.3) is 0 Å². The Morgan fingerprint density at radius 1 is 0.966 bits per heavy atom. The van der Waals surface area contributed by atoms with E-state index in [4.69, 9.17) is 0 Å². The molecule has 3 rings (SSSR count). The van der Waals surface area contributed by atoms with Crippen LogP contribution < -0.4 is 5.32 Å². The second kappa shape index (κ2) is 8.69. The molecule has 0 radical (unpaired) electrons. The van der Waals surface area contributed by atoms with Gasteiger partial charge in [0.25, 0.3) is 5.69 Å². The number of aryl methyl sites for hydroxylation is 3. The number of anilines is 1. The van der Waals surface area contributed by atoms with Gasteiger partial charge in [0.15, 0.2) is 5.78 Å². The van der Waals surface area contributed by atoms with E-state index >= 15 is 0 Å². The average Bonchev–Trinajstić information content (AvgIpc) is 2.70. The Bertz CT molecular complexity index is 1040. The molecule has 0 aliphatic rings. The third kappa shape index (κ3) is 5.08. The molecule has 0 aliphatic heterocycles. The lowest BCUT2D eigenvalue weighted by atomic mass is 9.96. The molecule has 5 nitrogen and oxygen atoms in total. The molecule has 0 spiro atoms. The lowest BCUT2D eigenvalue weighted by molar-refractivity contribution is -0.384. The topological polar surface area (TPSA) is 72.2 Å². The first-order valence-electron chi connectivity index (χ1n) is 9.51. The number of Topliss-reactive ketones (excluding diaryl/α,β-unsaturated/α-hetero) is 1. The van der Waals surface area contributed by atoms with Crippen LogP contribution in [0.1, 0.15) is 45.1 Å². The summed E-state index contributed by atoms with van der Waals surface area (Å²) >= 11 is 0. The van der Waals surface area contributed by atoms with Crippen LogP contribution in [0.2, 0.25) is 0 Å². The van der Waals surface area contributed by atoms with Crippen LogP contribution in [0, 0.1) is 30.9 Å². The van der Waals surface area contributed by atoms with Crippen molar-refractivity contribution >= 4 is 17.2 Å². The summed E-state index contributed by atoms with van der Waals surface area (Å²) < 4.78 is 0. The number of hydrogen-bond acceptors (Lipinski definition) is 4. The van der Waals surface area contributed by atoms with Gasteiger partial charge in [-0.3, -0.25) is 14.9 Å². The van der Waals surface area contributed by atoms with E-state index in [1.54, 1.807) is 6.07 Å². The molecule has 0 amide bonds. The van der Waals surface area contributed by atoms with Gasteiger partial charge >= 0.3 is 0 Å². The highest BCUT2D eigenvalue weighted by molar-refractivity contribution is 5.96. The number of hydrogen-bond donors (Lipinski definition) is 1. The van der Waals surface area contributed by atoms with Crippen LogP contribution in [-0.2, 0) is 0 Å². The molecular formula is C24H24N2O3. The number of nitro groups is 1. The highest BCUT2D eigenvalue weighted by Gasteiger charge is 2.20. The zero-order valence-electron chi connectivity index (χ0n) is 16.8. The molecule has 148 valence electrons. The number of non-ortho nitro benzene ring substituents is 1. The summed E-state index contributed by atoms with van der Waals surface area (Å²) in [6, 6.07) is 19.5. The lowest BCUT2D eigenvalue weighted by Gasteiger charge is -2.21. The fourth-order valence-corrected chi connectivity index (χ4v) is 3.18. The maximum atomic E-state index is 12.9. The minimum absolute atomic E-state index is 0.0113. The standard InChI is InChI=1S/C24H24N2O3/c1-16-7-10-19(11-8-16)24(27)15-23(20-5-4-6-22(14-20)26(28)29)25-21-12-9-17(2)18(3)13-21/h4-14,23,25H,15H2,1-3H3. The van der Waals surface area contributed by atoms with Crippen LogP contribution in [0.15, 0.2) is 66.7 Å². The summed E-state index contributed by atoms with van der Waals surface area (Å²) in [5.74, 6) is -0.0159. The number of nitro benzene ring substituents is 1. The van der Waals surface area contributed by atoms with Crippen LogP contribution >= 0.6 is 0 Å². The van der Waals surface area contributed by atoms with E-state index in [0.717, 1.165) is 16.8 Å². The largest absolute Gasteiger partial charge is 0.378 e. The zero-order chi connectivity index (χ0) is 21.0. The summed E-state index contributed by atoms with van der Waals surface area (Å²) in [5, 5.41) is 14.6. The Labute approximate surface area is 170 Å². The minimum Gasteiger partial charge on any atom is -0.378 e. The van der Waals surface area contributed by atoms with Crippen LogP contribution in [0.4, 0.5) is 11.4 Å². The van der Waals surface area contributed by atoms with E-state index in [1.165, 1.54) is 17.7 Å². The van der Waals surface area contributed by atoms with Gasteiger partial charge in [0.05, 0.1) is 11.0 Å². The number of rotatable bonds is 7. The van der Waals surface area contributed by atoms with E-state index in [-0.39, 0.29) is 23.9 Å². The Kier molecular flexibility index (Phi) is 6.07. The average molecular weight is 388 g/mol. The quantitative estimate of drug-likeness (QED) is 0.308. The molecule has 0 saturated heterocycles. The first kappa shape index (κ1) is 20.3. The van der Waals surface area contributed by atoms with Crippen molar-refractivity contribution in [1.82, 2.24) is 0 Å². The predicted octanol–water partition coefficient (Wildman–Crippen LogP) is 5.95. The summed E-state index contributed by atoms with van der Waals surface area (Å²) in [6.07, 6.45) is 0.192. The first-order chi connectivity index (χ1) is 13.8. The maximum absolute atomic E-state index is 12.9. The van der Waals surface area contributed by atoms with Crippen LogP contribution in [0.5, 0.6) is 0 Å². The van der Waals surface area contributed by atoms with Gasteiger partial charge in [-0.05, 0) is 49.6 Å². The number of carbonyl (C=O) groups is 1.